The lowest BCUT2D eigenvalue weighted by molar-refractivity contribution is -0.147. The molecule has 1 aliphatic heterocycles. The molecule has 1 heterocycles. The number of nitrogens with zero attached hydrogens (tertiary/aromatic N) is 1. The van der Waals surface area contributed by atoms with Gasteiger partial charge >= 0.3 is 5.97 Å². The lowest BCUT2D eigenvalue weighted by atomic mass is 9.91. The zero-order valence-corrected chi connectivity index (χ0v) is 10.0. The largest absolute Gasteiger partial charge is 0.508 e. The van der Waals surface area contributed by atoms with Crippen molar-refractivity contribution in [1.29, 1.82) is 0 Å². The maximum absolute atomic E-state index is 11.4. The standard InChI is InChI=1S/C13H15NO4/c1-8(15)14-7-6-11(12(14)13(17)18)9-2-4-10(16)5-3-9/h2-5,11-12,16H,6-7H2,1H3,(H,17,18). The van der Waals surface area contributed by atoms with E-state index in [4.69, 9.17) is 0 Å². The van der Waals surface area contributed by atoms with Gasteiger partial charge in [-0.25, -0.2) is 4.79 Å². The molecule has 0 aromatic heterocycles. The first-order valence-electron chi connectivity index (χ1n) is 5.79. The van der Waals surface area contributed by atoms with Crippen LogP contribution < -0.4 is 0 Å². The Kier molecular flexibility index (Phi) is 3.23. The molecular formula is C13H15NO4. The third-order valence-electron chi connectivity index (χ3n) is 3.38. The van der Waals surface area contributed by atoms with E-state index >= 15 is 0 Å². The highest BCUT2D eigenvalue weighted by Gasteiger charge is 2.41. The van der Waals surface area contributed by atoms with Crippen molar-refractivity contribution >= 4 is 11.9 Å². The molecule has 18 heavy (non-hydrogen) atoms. The number of aromatic hydroxyl groups is 1. The second-order valence-electron chi connectivity index (χ2n) is 4.48. The van der Waals surface area contributed by atoms with Crippen molar-refractivity contribution in [2.75, 3.05) is 6.54 Å². The fraction of sp³-hybridized carbons (Fsp3) is 0.385. The molecule has 1 saturated heterocycles. The van der Waals surface area contributed by atoms with Gasteiger partial charge in [0, 0.05) is 19.4 Å². The Morgan fingerprint density at radius 2 is 1.89 bits per heavy atom. The van der Waals surface area contributed by atoms with E-state index in [1.54, 1.807) is 12.1 Å². The average Bonchev–Trinajstić information content (AvgIpc) is 2.74. The van der Waals surface area contributed by atoms with Gasteiger partial charge in [-0.2, -0.15) is 0 Å². The maximum atomic E-state index is 11.4. The highest BCUT2D eigenvalue weighted by atomic mass is 16.4. The molecule has 0 spiro atoms. The summed E-state index contributed by atoms with van der Waals surface area (Å²) >= 11 is 0. The molecule has 1 aromatic carbocycles. The Hall–Kier alpha value is -2.04. The maximum Gasteiger partial charge on any atom is 0.327 e. The van der Waals surface area contributed by atoms with Crippen LogP contribution in [-0.2, 0) is 9.59 Å². The van der Waals surface area contributed by atoms with Gasteiger partial charge in [-0.15, -0.1) is 0 Å². The lowest BCUT2D eigenvalue weighted by Gasteiger charge is -2.23. The molecule has 5 nitrogen and oxygen atoms in total. The summed E-state index contributed by atoms with van der Waals surface area (Å²) in [6.07, 6.45) is 0.626. The first kappa shape index (κ1) is 12.4. The van der Waals surface area contributed by atoms with Gasteiger partial charge in [-0.05, 0) is 24.1 Å². The molecular weight excluding hydrogens is 234 g/mol. The normalized spacial score (nSPS) is 23.1. The number of likely N-dealkylation sites (tertiary alicyclic amines) is 1. The molecule has 0 aliphatic carbocycles. The van der Waals surface area contributed by atoms with Crippen molar-refractivity contribution in [3.05, 3.63) is 29.8 Å². The van der Waals surface area contributed by atoms with Crippen molar-refractivity contribution in [2.24, 2.45) is 0 Å². The van der Waals surface area contributed by atoms with Crippen molar-refractivity contribution < 1.29 is 19.8 Å². The van der Waals surface area contributed by atoms with Gasteiger partial charge in [-0.1, -0.05) is 12.1 Å². The molecule has 1 fully saturated rings. The quantitative estimate of drug-likeness (QED) is 0.825. The number of phenols is 1. The first-order chi connectivity index (χ1) is 8.50. The van der Waals surface area contributed by atoms with Crippen LogP contribution in [0.25, 0.3) is 0 Å². The van der Waals surface area contributed by atoms with Crippen LogP contribution in [0, 0.1) is 0 Å². The molecule has 0 radical (unpaired) electrons. The first-order valence-corrected chi connectivity index (χ1v) is 5.79. The van der Waals surface area contributed by atoms with Crippen LogP contribution >= 0.6 is 0 Å². The monoisotopic (exact) mass is 249 g/mol. The molecule has 5 heteroatoms. The number of hydrogen-bond acceptors (Lipinski definition) is 3. The number of rotatable bonds is 2. The van der Waals surface area contributed by atoms with Gasteiger partial charge in [0.25, 0.3) is 0 Å². The summed E-state index contributed by atoms with van der Waals surface area (Å²) in [7, 11) is 0. The van der Waals surface area contributed by atoms with Gasteiger partial charge in [0.15, 0.2) is 0 Å². The second-order valence-corrected chi connectivity index (χ2v) is 4.48. The third kappa shape index (κ3) is 2.16. The molecule has 96 valence electrons. The summed E-state index contributed by atoms with van der Waals surface area (Å²) in [6.45, 7) is 1.84. The molecule has 2 N–H and O–H groups in total. The van der Waals surface area contributed by atoms with E-state index in [1.807, 2.05) is 0 Å². The van der Waals surface area contributed by atoms with Crippen LogP contribution in [0.2, 0.25) is 0 Å². The van der Waals surface area contributed by atoms with Crippen LogP contribution in [0.4, 0.5) is 0 Å². The van der Waals surface area contributed by atoms with E-state index < -0.39 is 12.0 Å². The Labute approximate surface area is 105 Å². The number of benzene rings is 1. The summed E-state index contributed by atoms with van der Waals surface area (Å²) in [5, 5.41) is 18.5. The van der Waals surface area contributed by atoms with Crippen molar-refractivity contribution in [3.63, 3.8) is 0 Å². The van der Waals surface area contributed by atoms with E-state index in [2.05, 4.69) is 0 Å². The van der Waals surface area contributed by atoms with Crippen LogP contribution in [0.15, 0.2) is 24.3 Å². The number of carboxylic acid groups (broad SMARTS) is 1. The van der Waals surface area contributed by atoms with Gasteiger partial charge in [0.05, 0.1) is 0 Å². The summed E-state index contributed by atoms with van der Waals surface area (Å²) < 4.78 is 0. The smallest absolute Gasteiger partial charge is 0.327 e. The Balaban J connectivity index is 2.30. The van der Waals surface area contributed by atoms with Gasteiger partial charge < -0.3 is 15.1 Å². The summed E-state index contributed by atoms with van der Waals surface area (Å²) in [5.74, 6) is -1.27. The molecule has 2 rings (SSSR count). The fourth-order valence-electron chi connectivity index (χ4n) is 2.52. The van der Waals surface area contributed by atoms with Crippen LogP contribution in [0.3, 0.4) is 0 Å². The predicted octanol–water partition coefficient (Wildman–Crippen LogP) is 1.18. The second kappa shape index (κ2) is 4.68. The minimum absolute atomic E-state index is 0.145. The third-order valence-corrected chi connectivity index (χ3v) is 3.38. The number of hydrogen-bond donors (Lipinski definition) is 2. The Morgan fingerprint density at radius 3 is 2.39 bits per heavy atom. The number of phenolic OH excluding ortho intramolecular Hbond substituents is 1. The predicted molar refractivity (Wildman–Crippen MR) is 64.3 cm³/mol. The van der Waals surface area contributed by atoms with Gasteiger partial charge in [-0.3, -0.25) is 4.79 Å². The van der Waals surface area contributed by atoms with Crippen LogP contribution in [0.5, 0.6) is 5.75 Å². The SMILES string of the molecule is CC(=O)N1CCC(c2ccc(O)cc2)C1C(=O)O. The van der Waals surface area contributed by atoms with Crippen LogP contribution in [0.1, 0.15) is 24.8 Å². The van der Waals surface area contributed by atoms with Gasteiger partial charge in [0.1, 0.15) is 11.8 Å². The van der Waals surface area contributed by atoms with E-state index in [1.165, 1.54) is 24.0 Å². The van der Waals surface area contributed by atoms with Gasteiger partial charge in [0.2, 0.25) is 5.91 Å². The zero-order valence-electron chi connectivity index (χ0n) is 10.0. The summed E-state index contributed by atoms with van der Waals surface area (Å²) in [4.78, 5) is 24.1. The van der Waals surface area contributed by atoms with Crippen molar-refractivity contribution in [3.8, 4) is 5.75 Å². The highest BCUT2D eigenvalue weighted by molar-refractivity contribution is 5.84. The Morgan fingerprint density at radius 1 is 1.28 bits per heavy atom. The van der Waals surface area contributed by atoms with Crippen LogP contribution in [-0.4, -0.2) is 39.6 Å². The fourth-order valence-corrected chi connectivity index (χ4v) is 2.52. The number of carbonyl (C=O) groups excluding carboxylic acids is 1. The minimum atomic E-state index is -0.985. The number of aliphatic carboxylic acids is 1. The van der Waals surface area contributed by atoms with E-state index in [9.17, 15) is 19.8 Å². The molecule has 2 atom stereocenters. The van der Waals surface area contributed by atoms with Crippen molar-refractivity contribution in [1.82, 2.24) is 4.90 Å². The zero-order chi connectivity index (χ0) is 13.3. The minimum Gasteiger partial charge on any atom is -0.508 e. The van der Waals surface area contributed by atoms with E-state index in [0.717, 1.165) is 5.56 Å². The molecule has 0 bridgehead atoms. The highest BCUT2D eigenvalue weighted by Crippen LogP contribution is 2.34. The molecule has 1 amide bonds. The molecule has 1 aliphatic rings. The molecule has 2 unspecified atom stereocenters. The average molecular weight is 249 g/mol. The lowest BCUT2D eigenvalue weighted by Crippen LogP contribution is -2.41. The number of carbonyl (C=O) groups is 2. The molecule has 1 aromatic rings. The topological polar surface area (TPSA) is 77.8 Å². The summed E-state index contributed by atoms with van der Waals surface area (Å²) in [5.41, 5.74) is 0.837. The Bertz CT molecular complexity index is 468. The number of amides is 1. The number of carboxylic acids is 1. The van der Waals surface area contributed by atoms with E-state index in [0.29, 0.717) is 13.0 Å². The van der Waals surface area contributed by atoms with Crippen molar-refractivity contribution in [2.45, 2.75) is 25.3 Å². The van der Waals surface area contributed by atoms with E-state index in [-0.39, 0.29) is 17.6 Å². The summed E-state index contributed by atoms with van der Waals surface area (Å²) in [6, 6.07) is 5.67. The molecule has 0 saturated carbocycles.